The molecule has 1 aliphatic rings. The number of hydrogen-bond acceptors (Lipinski definition) is 3. The molecule has 4 nitrogen and oxygen atoms in total. The maximum Gasteiger partial charge on any atom is 0.254 e. The molecule has 0 aliphatic carbocycles. The second kappa shape index (κ2) is 5.59. The number of carbonyl (C=O) groups excluding carboxylic acids is 1. The molecule has 2 heterocycles. The van der Waals surface area contributed by atoms with Crippen LogP contribution in [0, 0.1) is 0 Å². The standard InChI is InChI=1S/C16H19N3O/c1-17-12-5-4-10-19(11-12)16(20)14-6-2-8-15-13(14)7-3-9-18-15/h2-3,6-9,12,17H,4-5,10-11H2,1H3. The van der Waals surface area contributed by atoms with Crippen molar-refractivity contribution in [2.45, 2.75) is 18.9 Å². The lowest BCUT2D eigenvalue weighted by molar-refractivity contribution is 0.0700. The second-order valence-corrected chi connectivity index (χ2v) is 5.25. The van der Waals surface area contributed by atoms with Crippen molar-refractivity contribution in [3.8, 4) is 0 Å². The summed E-state index contributed by atoms with van der Waals surface area (Å²) in [6, 6.07) is 10.00. The Kier molecular flexibility index (Phi) is 3.65. The van der Waals surface area contributed by atoms with Gasteiger partial charge in [0.25, 0.3) is 5.91 Å². The smallest absolute Gasteiger partial charge is 0.254 e. The van der Waals surface area contributed by atoms with Crippen LogP contribution in [0.1, 0.15) is 23.2 Å². The summed E-state index contributed by atoms with van der Waals surface area (Å²) in [6.45, 7) is 1.62. The van der Waals surface area contributed by atoms with Crippen molar-refractivity contribution in [3.05, 3.63) is 42.1 Å². The molecule has 1 fully saturated rings. The maximum absolute atomic E-state index is 12.7. The number of carbonyl (C=O) groups is 1. The molecule has 1 N–H and O–H groups in total. The predicted octanol–water partition coefficient (Wildman–Crippen LogP) is 2.06. The molecule has 1 atom stereocenters. The molecule has 0 radical (unpaired) electrons. The molecule has 0 saturated carbocycles. The van der Waals surface area contributed by atoms with Gasteiger partial charge in [-0.3, -0.25) is 9.78 Å². The van der Waals surface area contributed by atoms with E-state index in [-0.39, 0.29) is 5.91 Å². The molecule has 0 spiro atoms. The Morgan fingerprint density at radius 2 is 2.25 bits per heavy atom. The number of aromatic nitrogens is 1. The van der Waals surface area contributed by atoms with Gasteiger partial charge in [-0.2, -0.15) is 0 Å². The molecule has 1 amide bonds. The number of likely N-dealkylation sites (tertiary alicyclic amines) is 1. The highest BCUT2D eigenvalue weighted by atomic mass is 16.2. The lowest BCUT2D eigenvalue weighted by Crippen LogP contribution is -2.47. The van der Waals surface area contributed by atoms with Gasteiger partial charge in [-0.15, -0.1) is 0 Å². The Morgan fingerprint density at radius 3 is 3.10 bits per heavy atom. The summed E-state index contributed by atoms with van der Waals surface area (Å²) in [5, 5.41) is 4.21. The van der Waals surface area contributed by atoms with Crippen LogP contribution in [0.25, 0.3) is 10.9 Å². The molecule has 1 unspecified atom stereocenters. The number of likely N-dealkylation sites (N-methyl/N-ethyl adjacent to an activating group) is 1. The Labute approximate surface area is 118 Å². The monoisotopic (exact) mass is 269 g/mol. The Bertz CT molecular complexity index is 621. The highest BCUT2D eigenvalue weighted by Crippen LogP contribution is 2.20. The third kappa shape index (κ3) is 2.39. The van der Waals surface area contributed by atoms with E-state index in [4.69, 9.17) is 0 Å². The number of benzene rings is 1. The fourth-order valence-electron chi connectivity index (χ4n) is 2.86. The zero-order valence-electron chi connectivity index (χ0n) is 11.7. The van der Waals surface area contributed by atoms with Crippen molar-refractivity contribution in [2.75, 3.05) is 20.1 Å². The van der Waals surface area contributed by atoms with E-state index in [2.05, 4.69) is 10.3 Å². The summed E-state index contributed by atoms with van der Waals surface area (Å²) in [5.74, 6) is 0.114. The van der Waals surface area contributed by atoms with E-state index in [1.807, 2.05) is 42.3 Å². The van der Waals surface area contributed by atoms with Gasteiger partial charge in [-0.25, -0.2) is 0 Å². The second-order valence-electron chi connectivity index (χ2n) is 5.25. The Balaban J connectivity index is 1.92. The number of amides is 1. The first kappa shape index (κ1) is 13.1. The van der Waals surface area contributed by atoms with Crippen molar-refractivity contribution in [2.24, 2.45) is 0 Å². The van der Waals surface area contributed by atoms with E-state index in [9.17, 15) is 4.79 Å². The number of piperidine rings is 1. The van der Waals surface area contributed by atoms with Gasteiger partial charge < -0.3 is 10.2 Å². The molecule has 1 aliphatic heterocycles. The summed E-state index contributed by atoms with van der Waals surface area (Å²) < 4.78 is 0. The van der Waals surface area contributed by atoms with Crippen LogP contribution in [0.4, 0.5) is 0 Å². The average molecular weight is 269 g/mol. The topological polar surface area (TPSA) is 45.2 Å². The number of rotatable bonds is 2. The number of hydrogen-bond donors (Lipinski definition) is 1. The summed E-state index contributed by atoms with van der Waals surface area (Å²) in [5.41, 5.74) is 1.63. The van der Waals surface area contributed by atoms with Gasteiger partial charge in [-0.1, -0.05) is 12.1 Å². The Hall–Kier alpha value is -1.94. The lowest BCUT2D eigenvalue weighted by atomic mass is 10.0. The minimum atomic E-state index is 0.114. The summed E-state index contributed by atoms with van der Waals surface area (Å²) in [4.78, 5) is 19.0. The van der Waals surface area contributed by atoms with Gasteiger partial charge in [0.1, 0.15) is 0 Å². The van der Waals surface area contributed by atoms with Crippen molar-refractivity contribution >= 4 is 16.8 Å². The minimum absolute atomic E-state index is 0.114. The van der Waals surface area contributed by atoms with Crippen molar-refractivity contribution in [3.63, 3.8) is 0 Å². The third-order valence-corrected chi connectivity index (χ3v) is 3.99. The fourth-order valence-corrected chi connectivity index (χ4v) is 2.86. The number of nitrogens with zero attached hydrogens (tertiary/aromatic N) is 2. The quantitative estimate of drug-likeness (QED) is 0.907. The number of fused-ring (bicyclic) bond motifs is 1. The van der Waals surface area contributed by atoms with Crippen LogP contribution in [0.2, 0.25) is 0 Å². The highest BCUT2D eigenvalue weighted by Gasteiger charge is 2.24. The third-order valence-electron chi connectivity index (χ3n) is 3.99. The molecule has 4 heteroatoms. The van der Waals surface area contributed by atoms with Crippen LogP contribution >= 0.6 is 0 Å². The molecule has 1 saturated heterocycles. The molecule has 1 aromatic carbocycles. The van der Waals surface area contributed by atoms with Crippen LogP contribution in [-0.4, -0.2) is 42.0 Å². The largest absolute Gasteiger partial charge is 0.337 e. The molecule has 20 heavy (non-hydrogen) atoms. The van der Waals surface area contributed by atoms with Gasteiger partial charge in [-0.05, 0) is 38.1 Å². The van der Waals surface area contributed by atoms with E-state index in [1.54, 1.807) is 6.20 Å². The molecular formula is C16H19N3O. The maximum atomic E-state index is 12.7. The number of pyridine rings is 1. The average Bonchev–Trinajstić information content (AvgIpc) is 2.53. The lowest BCUT2D eigenvalue weighted by Gasteiger charge is -2.32. The summed E-state index contributed by atoms with van der Waals surface area (Å²) >= 11 is 0. The zero-order valence-corrected chi connectivity index (χ0v) is 11.7. The summed E-state index contributed by atoms with van der Waals surface area (Å²) in [6.07, 6.45) is 3.95. The zero-order chi connectivity index (χ0) is 13.9. The highest BCUT2D eigenvalue weighted by molar-refractivity contribution is 6.06. The molecule has 3 rings (SSSR count). The Morgan fingerprint density at radius 1 is 1.35 bits per heavy atom. The molecule has 1 aromatic heterocycles. The van der Waals surface area contributed by atoms with Gasteiger partial charge >= 0.3 is 0 Å². The first-order chi connectivity index (χ1) is 9.79. The molecular weight excluding hydrogens is 250 g/mol. The van der Waals surface area contributed by atoms with Gasteiger partial charge in [0.2, 0.25) is 0 Å². The SMILES string of the molecule is CNC1CCCN(C(=O)c2cccc3ncccc23)C1. The van der Waals surface area contributed by atoms with Crippen LogP contribution in [0.15, 0.2) is 36.5 Å². The first-order valence-electron chi connectivity index (χ1n) is 7.10. The van der Waals surface area contributed by atoms with Crippen LogP contribution < -0.4 is 5.32 Å². The van der Waals surface area contributed by atoms with E-state index in [0.29, 0.717) is 6.04 Å². The van der Waals surface area contributed by atoms with Crippen LogP contribution in [-0.2, 0) is 0 Å². The summed E-state index contributed by atoms with van der Waals surface area (Å²) in [7, 11) is 1.96. The van der Waals surface area contributed by atoms with Gasteiger partial charge in [0, 0.05) is 36.3 Å². The van der Waals surface area contributed by atoms with E-state index in [0.717, 1.165) is 42.4 Å². The molecule has 2 aromatic rings. The predicted molar refractivity (Wildman–Crippen MR) is 79.7 cm³/mol. The minimum Gasteiger partial charge on any atom is -0.337 e. The van der Waals surface area contributed by atoms with Gasteiger partial charge in [0.15, 0.2) is 0 Å². The van der Waals surface area contributed by atoms with E-state index < -0.39 is 0 Å². The normalized spacial score (nSPS) is 19.2. The first-order valence-corrected chi connectivity index (χ1v) is 7.10. The van der Waals surface area contributed by atoms with Gasteiger partial charge in [0.05, 0.1) is 5.52 Å². The number of nitrogens with one attached hydrogen (secondary N) is 1. The fraction of sp³-hybridized carbons (Fsp3) is 0.375. The van der Waals surface area contributed by atoms with Crippen molar-refractivity contribution in [1.29, 1.82) is 0 Å². The molecule has 104 valence electrons. The van der Waals surface area contributed by atoms with Crippen LogP contribution in [0.5, 0.6) is 0 Å². The van der Waals surface area contributed by atoms with E-state index in [1.165, 1.54) is 0 Å². The van der Waals surface area contributed by atoms with Crippen molar-refractivity contribution < 1.29 is 4.79 Å². The van der Waals surface area contributed by atoms with Crippen LogP contribution in [0.3, 0.4) is 0 Å². The van der Waals surface area contributed by atoms with E-state index >= 15 is 0 Å². The van der Waals surface area contributed by atoms with Crippen molar-refractivity contribution in [1.82, 2.24) is 15.2 Å². The molecule has 0 bridgehead atoms.